The number of likely N-dealkylation sites (N-methyl/N-ethyl adjacent to an activating group) is 1. The Kier molecular flexibility index (Phi) is 6.54. The molecule has 0 bridgehead atoms. The first-order chi connectivity index (χ1) is 10.2. The number of ether oxygens (including phenoxy) is 1. The average molecular weight is 308 g/mol. The van der Waals surface area contributed by atoms with Gasteiger partial charge in [-0.25, -0.2) is 0 Å². The molecule has 0 radical (unpaired) electrons. The molecule has 1 aromatic rings. The number of rotatable bonds is 7. The van der Waals surface area contributed by atoms with Crippen LogP contribution in [0.2, 0.25) is 0 Å². The quantitative estimate of drug-likeness (QED) is 0.784. The fraction of sp³-hybridized carbons (Fsp3) is 0.562. The molecule has 116 valence electrons. The second-order valence-corrected chi connectivity index (χ2v) is 6.34. The smallest absolute Gasteiger partial charge is 0.234 e. The summed E-state index contributed by atoms with van der Waals surface area (Å²) < 4.78 is 5.50. The lowest BCUT2D eigenvalue weighted by Crippen LogP contribution is -2.38. The van der Waals surface area contributed by atoms with Gasteiger partial charge in [-0.1, -0.05) is 12.1 Å². The van der Waals surface area contributed by atoms with Gasteiger partial charge in [0.1, 0.15) is 0 Å². The number of hydrogen-bond donors (Lipinski definition) is 1. The number of nitrogens with one attached hydrogen (secondary N) is 1. The summed E-state index contributed by atoms with van der Waals surface area (Å²) in [6.07, 6.45) is 4.43. The molecule has 4 nitrogen and oxygen atoms in total. The number of nitrogens with zero attached hydrogens (tertiary/aromatic N) is 1. The summed E-state index contributed by atoms with van der Waals surface area (Å²) in [5.74, 6) is 0.0636. The Hall–Kier alpha value is -1.04. The predicted molar refractivity (Wildman–Crippen MR) is 86.5 cm³/mol. The molecule has 0 aromatic heterocycles. The first-order valence-corrected chi connectivity index (χ1v) is 8.59. The normalized spacial score (nSPS) is 18.1. The van der Waals surface area contributed by atoms with Crippen LogP contribution >= 0.6 is 11.8 Å². The van der Waals surface area contributed by atoms with Crippen LogP contribution < -0.4 is 5.32 Å². The van der Waals surface area contributed by atoms with Crippen molar-refractivity contribution in [1.82, 2.24) is 10.2 Å². The van der Waals surface area contributed by atoms with Gasteiger partial charge in [0.25, 0.3) is 0 Å². The maximum atomic E-state index is 11.9. The van der Waals surface area contributed by atoms with E-state index in [-0.39, 0.29) is 12.0 Å². The van der Waals surface area contributed by atoms with Crippen molar-refractivity contribution >= 4 is 17.7 Å². The molecule has 1 N–H and O–H groups in total. The van der Waals surface area contributed by atoms with Crippen molar-refractivity contribution in [3.05, 3.63) is 29.8 Å². The number of carbonyl (C=O) groups excluding carboxylic acids is 1. The molecule has 1 saturated heterocycles. The zero-order valence-electron chi connectivity index (χ0n) is 12.8. The third-order valence-corrected chi connectivity index (χ3v) is 4.32. The molecule has 21 heavy (non-hydrogen) atoms. The maximum absolute atomic E-state index is 11.9. The van der Waals surface area contributed by atoms with E-state index in [1.165, 1.54) is 10.5 Å². The topological polar surface area (TPSA) is 41.6 Å². The molecule has 1 amide bonds. The highest BCUT2D eigenvalue weighted by atomic mass is 32.2. The fourth-order valence-electron chi connectivity index (χ4n) is 2.43. The van der Waals surface area contributed by atoms with E-state index in [0.29, 0.717) is 13.1 Å². The third-order valence-electron chi connectivity index (χ3n) is 3.58. The minimum Gasteiger partial charge on any atom is -0.376 e. The lowest BCUT2D eigenvalue weighted by atomic mass is 10.2. The van der Waals surface area contributed by atoms with Crippen LogP contribution in [0.3, 0.4) is 0 Å². The minimum absolute atomic E-state index is 0.0636. The van der Waals surface area contributed by atoms with Crippen molar-refractivity contribution in [2.75, 3.05) is 33.0 Å². The van der Waals surface area contributed by atoms with E-state index in [2.05, 4.69) is 35.8 Å². The van der Waals surface area contributed by atoms with Crippen molar-refractivity contribution in [3.63, 3.8) is 0 Å². The summed E-state index contributed by atoms with van der Waals surface area (Å²) >= 11 is 1.74. The number of hydrogen-bond acceptors (Lipinski definition) is 4. The summed E-state index contributed by atoms with van der Waals surface area (Å²) in [7, 11) is 1.97. The zero-order valence-corrected chi connectivity index (χ0v) is 13.6. The van der Waals surface area contributed by atoms with Gasteiger partial charge in [-0.15, -0.1) is 11.8 Å². The molecule has 1 atom stereocenters. The SMILES string of the molecule is CSc1ccc(CN(C)CC(=O)NC[C@@H]2CCCO2)cc1. The Morgan fingerprint density at radius 1 is 1.43 bits per heavy atom. The molecule has 5 heteroatoms. The van der Waals surface area contributed by atoms with Gasteiger partial charge in [0.15, 0.2) is 0 Å². The maximum Gasteiger partial charge on any atom is 0.234 e. The van der Waals surface area contributed by atoms with Crippen LogP contribution in [0.1, 0.15) is 18.4 Å². The molecule has 0 aliphatic carbocycles. The Labute approximate surface area is 131 Å². The van der Waals surface area contributed by atoms with E-state index in [4.69, 9.17) is 4.74 Å². The van der Waals surface area contributed by atoms with Crippen LogP contribution in [0.4, 0.5) is 0 Å². The molecule has 1 aromatic carbocycles. The van der Waals surface area contributed by atoms with E-state index in [1.807, 2.05) is 11.9 Å². The van der Waals surface area contributed by atoms with Gasteiger partial charge < -0.3 is 10.1 Å². The molecule has 2 rings (SSSR count). The van der Waals surface area contributed by atoms with Gasteiger partial charge in [0.05, 0.1) is 12.6 Å². The molecule has 1 heterocycles. The number of amides is 1. The molecule has 1 fully saturated rings. The van der Waals surface area contributed by atoms with Crippen molar-refractivity contribution in [2.24, 2.45) is 0 Å². The molecule has 1 aliphatic heterocycles. The van der Waals surface area contributed by atoms with Crippen molar-refractivity contribution in [3.8, 4) is 0 Å². The standard InChI is InChI=1S/C16H24N2O2S/c1-18(11-13-5-7-15(21-2)8-6-13)12-16(19)17-10-14-4-3-9-20-14/h5-8,14H,3-4,9-12H2,1-2H3,(H,17,19)/t14-/m0/s1. The summed E-state index contributed by atoms with van der Waals surface area (Å²) in [5.41, 5.74) is 1.22. The number of benzene rings is 1. The van der Waals surface area contributed by atoms with Crippen LogP contribution in [-0.4, -0.2) is 49.9 Å². The second-order valence-electron chi connectivity index (χ2n) is 5.46. The molecular formula is C16H24N2O2S. The summed E-state index contributed by atoms with van der Waals surface area (Å²) in [6.45, 7) is 2.65. The number of carbonyl (C=O) groups is 1. The van der Waals surface area contributed by atoms with Crippen LogP contribution in [0, 0.1) is 0 Å². The van der Waals surface area contributed by atoms with Gasteiger partial charge >= 0.3 is 0 Å². The first kappa shape index (κ1) is 16.3. The molecular weight excluding hydrogens is 284 g/mol. The highest BCUT2D eigenvalue weighted by molar-refractivity contribution is 7.98. The van der Waals surface area contributed by atoms with Crippen LogP contribution in [0.5, 0.6) is 0 Å². The van der Waals surface area contributed by atoms with E-state index >= 15 is 0 Å². The van der Waals surface area contributed by atoms with E-state index in [1.54, 1.807) is 11.8 Å². The third kappa shape index (κ3) is 5.69. The van der Waals surface area contributed by atoms with Gasteiger partial charge in [-0.2, -0.15) is 0 Å². The highest BCUT2D eigenvalue weighted by Crippen LogP contribution is 2.15. The zero-order chi connectivity index (χ0) is 15.1. The Bertz CT molecular complexity index is 444. The Morgan fingerprint density at radius 2 is 2.19 bits per heavy atom. The molecule has 1 aliphatic rings. The lowest BCUT2D eigenvalue weighted by molar-refractivity contribution is -0.122. The lowest BCUT2D eigenvalue weighted by Gasteiger charge is -2.17. The second kappa shape index (κ2) is 8.41. The minimum atomic E-state index is 0.0636. The van der Waals surface area contributed by atoms with Gasteiger partial charge in [-0.3, -0.25) is 9.69 Å². The van der Waals surface area contributed by atoms with Gasteiger partial charge in [0.2, 0.25) is 5.91 Å². The average Bonchev–Trinajstić information content (AvgIpc) is 2.99. The summed E-state index contributed by atoms with van der Waals surface area (Å²) in [5, 5.41) is 2.95. The summed E-state index contributed by atoms with van der Waals surface area (Å²) in [6, 6.07) is 8.47. The van der Waals surface area contributed by atoms with E-state index in [9.17, 15) is 4.79 Å². The van der Waals surface area contributed by atoms with Crippen LogP contribution in [-0.2, 0) is 16.1 Å². The summed E-state index contributed by atoms with van der Waals surface area (Å²) in [4.78, 5) is 15.2. The Balaban J connectivity index is 1.69. The van der Waals surface area contributed by atoms with Crippen molar-refractivity contribution in [1.29, 1.82) is 0 Å². The van der Waals surface area contributed by atoms with Crippen molar-refractivity contribution in [2.45, 2.75) is 30.4 Å². The first-order valence-electron chi connectivity index (χ1n) is 7.37. The van der Waals surface area contributed by atoms with Gasteiger partial charge in [-0.05, 0) is 43.8 Å². The molecule has 0 unspecified atom stereocenters. The highest BCUT2D eigenvalue weighted by Gasteiger charge is 2.16. The van der Waals surface area contributed by atoms with Crippen LogP contribution in [0.15, 0.2) is 29.2 Å². The number of thioether (sulfide) groups is 1. The monoisotopic (exact) mass is 308 g/mol. The largest absolute Gasteiger partial charge is 0.376 e. The van der Waals surface area contributed by atoms with Crippen molar-refractivity contribution < 1.29 is 9.53 Å². The van der Waals surface area contributed by atoms with Crippen LogP contribution in [0.25, 0.3) is 0 Å². The molecule has 0 saturated carbocycles. The molecule has 0 spiro atoms. The Morgan fingerprint density at radius 3 is 2.81 bits per heavy atom. The van der Waals surface area contributed by atoms with Gasteiger partial charge in [0, 0.05) is 24.6 Å². The fourth-order valence-corrected chi connectivity index (χ4v) is 2.84. The van der Waals surface area contributed by atoms with E-state index < -0.39 is 0 Å². The van der Waals surface area contributed by atoms with E-state index in [0.717, 1.165) is 26.0 Å². The predicted octanol–water partition coefficient (Wildman–Crippen LogP) is 2.14.